The van der Waals surface area contributed by atoms with Crippen molar-refractivity contribution in [2.45, 2.75) is 45.8 Å². The average Bonchev–Trinajstić information content (AvgIpc) is 3.38. The van der Waals surface area contributed by atoms with Crippen molar-refractivity contribution >= 4 is 5.91 Å². The zero-order chi connectivity index (χ0) is 21.8. The van der Waals surface area contributed by atoms with E-state index in [-0.39, 0.29) is 23.5 Å². The molecule has 0 aliphatic heterocycles. The molecule has 1 aromatic carbocycles. The van der Waals surface area contributed by atoms with Crippen LogP contribution in [-0.2, 0) is 24.3 Å². The van der Waals surface area contributed by atoms with Gasteiger partial charge in [-0.2, -0.15) is 0 Å². The summed E-state index contributed by atoms with van der Waals surface area (Å²) in [4.78, 5) is 25.9. The standard InChI is InChI=1S/C26H32N2O3/c1-18-13-24(29)25(26(30)27-16-22-15-20-10-11-21(22)14-20)23(17-31-2)28(18)12-6-9-19-7-4-3-5-8-19/h3-5,7-8,10-11,13,20-22H,6,9,12,14-17H2,1-2H3,(H,27,30)/t20-,21+,22-/m0/s1. The lowest BCUT2D eigenvalue weighted by Crippen LogP contribution is -2.36. The van der Waals surface area contributed by atoms with E-state index in [2.05, 4.69) is 34.2 Å². The molecule has 4 rings (SSSR count). The van der Waals surface area contributed by atoms with Gasteiger partial charge in [-0.05, 0) is 55.9 Å². The molecule has 1 amide bonds. The van der Waals surface area contributed by atoms with Gasteiger partial charge in [0.1, 0.15) is 5.56 Å². The predicted octanol–water partition coefficient (Wildman–Crippen LogP) is 3.88. The van der Waals surface area contributed by atoms with Crippen molar-refractivity contribution in [3.63, 3.8) is 0 Å². The Morgan fingerprint density at radius 3 is 2.68 bits per heavy atom. The minimum absolute atomic E-state index is 0.228. The van der Waals surface area contributed by atoms with Gasteiger partial charge in [0.05, 0.1) is 12.3 Å². The number of nitrogens with zero attached hydrogens (tertiary/aromatic N) is 1. The number of hydrogen-bond donors (Lipinski definition) is 1. The molecule has 1 N–H and O–H groups in total. The van der Waals surface area contributed by atoms with Crippen LogP contribution in [0.5, 0.6) is 0 Å². The Morgan fingerprint density at radius 2 is 2.00 bits per heavy atom. The number of methoxy groups -OCH3 is 1. The van der Waals surface area contributed by atoms with Crippen molar-refractivity contribution < 1.29 is 9.53 Å². The van der Waals surface area contributed by atoms with Crippen LogP contribution >= 0.6 is 0 Å². The summed E-state index contributed by atoms with van der Waals surface area (Å²) in [6.07, 6.45) is 8.78. The lowest BCUT2D eigenvalue weighted by atomic mass is 9.93. The maximum Gasteiger partial charge on any atom is 0.257 e. The Hall–Kier alpha value is -2.66. The van der Waals surface area contributed by atoms with Crippen LogP contribution in [0.2, 0.25) is 0 Å². The van der Waals surface area contributed by atoms with Gasteiger partial charge < -0.3 is 14.6 Å². The number of carbonyl (C=O) groups is 1. The highest BCUT2D eigenvalue weighted by atomic mass is 16.5. The molecule has 1 fully saturated rings. The molecule has 3 atom stereocenters. The molecule has 1 heterocycles. The molecule has 164 valence electrons. The number of amides is 1. The fourth-order valence-electron chi connectivity index (χ4n) is 5.20. The van der Waals surface area contributed by atoms with Gasteiger partial charge in [0.15, 0.2) is 5.43 Å². The molecular formula is C26H32N2O3. The minimum atomic E-state index is -0.277. The molecular weight excluding hydrogens is 388 g/mol. The summed E-state index contributed by atoms with van der Waals surface area (Å²) in [5.41, 5.74) is 2.82. The van der Waals surface area contributed by atoms with Gasteiger partial charge in [-0.15, -0.1) is 0 Å². The second kappa shape index (κ2) is 9.65. The fraction of sp³-hybridized carbons (Fsp3) is 0.462. The molecule has 0 radical (unpaired) electrons. The Balaban J connectivity index is 1.50. The number of nitrogens with one attached hydrogen (secondary N) is 1. The number of pyridine rings is 1. The van der Waals surface area contributed by atoms with Gasteiger partial charge in [0.25, 0.3) is 5.91 Å². The van der Waals surface area contributed by atoms with Crippen LogP contribution in [0.25, 0.3) is 0 Å². The lowest BCUT2D eigenvalue weighted by Gasteiger charge is -2.21. The smallest absolute Gasteiger partial charge is 0.257 e. The number of aromatic nitrogens is 1. The molecule has 0 spiro atoms. The highest BCUT2D eigenvalue weighted by Gasteiger charge is 2.35. The Bertz CT molecular complexity index is 1010. The largest absolute Gasteiger partial charge is 0.378 e. The topological polar surface area (TPSA) is 60.3 Å². The van der Waals surface area contributed by atoms with Crippen molar-refractivity contribution in [1.29, 1.82) is 0 Å². The number of hydrogen-bond acceptors (Lipinski definition) is 3. The van der Waals surface area contributed by atoms with E-state index in [1.807, 2.05) is 25.1 Å². The maximum atomic E-state index is 13.1. The van der Waals surface area contributed by atoms with E-state index >= 15 is 0 Å². The third-order valence-electron chi connectivity index (χ3n) is 6.77. The number of ether oxygens (including phenoxy) is 1. The maximum absolute atomic E-state index is 13.1. The van der Waals surface area contributed by atoms with Crippen molar-refractivity contribution in [3.05, 3.63) is 81.3 Å². The third kappa shape index (κ3) is 4.82. The monoisotopic (exact) mass is 420 g/mol. The molecule has 5 nitrogen and oxygen atoms in total. The van der Waals surface area contributed by atoms with E-state index in [1.165, 1.54) is 12.0 Å². The zero-order valence-corrected chi connectivity index (χ0v) is 18.5. The van der Waals surface area contributed by atoms with Crippen molar-refractivity contribution in [2.24, 2.45) is 17.8 Å². The van der Waals surface area contributed by atoms with Crippen molar-refractivity contribution in [1.82, 2.24) is 9.88 Å². The first-order valence-corrected chi connectivity index (χ1v) is 11.3. The summed E-state index contributed by atoms with van der Waals surface area (Å²) in [5.74, 6) is 1.43. The van der Waals surface area contributed by atoms with Gasteiger partial charge in [-0.3, -0.25) is 9.59 Å². The van der Waals surface area contributed by atoms with E-state index in [9.17, 15) is 9.59 Å². The third-order valence-corrected chi connectivity index (χ3v) is 6.77. The molecule has 5 heteroatoms. The van der Waals surface area contributed by atoms with Crippen LogP contribution < -0.4 is 10.7 Å². The molecule has 2 bridgehead atoms. The van der Waals surface area contributed by atoms with Crippen LogP contribution in [-0.4, -0.2) is 24.1 Å². The highest BCUT2D eigenvalue weighted by molar-refractivity contribution is 5.95. The fourth-order valence-corrected chi connectivity index (χ4v) is 5.20. The first kappa shape index (κ1) is 21.6. The highest BCUT2D eigenvalue weighted by Crippen LogP contribution is 2.42. The summed E-state index contributed by atoms with van der Waals surface area (Å²) < 4.78 is 7.48. The van der Waals surface area contributed by atoms with Gasteiger partial charge in [-0.25, -0.2) is 0 Å². The summed E-state index contributed by atoms with van der Waals surface area (Å²) in [5, 5.41) is 3.05. The second-order valence-electron chi connectivity index (χ2n) is 8.90. The van der Waals surface area contributed by atoms with E-state index in [4.69, 9.17) is 4.74 Å². The van der Waals surface area contributed by atoms with Crippen LogP contribution in [0.3, 0.4) is 0 Å². The van der Waals surface area contributed by atoms with Crippen LogP contribution in [0.15, 0.2) is 53.3 Å². The second-order valence-corrected chi connectivity index (χ2v) is 8.90. The SMILES string of the molecule is COCc1c(C(=O)NC[C@@H]2C[C@H]3C=C[C@@H]2C3)c(=O)cc(C)n1CCCc1ccccc1. The lowest BCUT2D eigenvalue weighted by molar-refractivity contribution is 0.0936. The minimum Gasteiger partial charge on any atom is -0.378 e. The first-order chi connectivity index (χ1) is 15.1. The molecule has 31 heavy (non-hydrogen) atoms. The quantitative estimate of drug-likeness (QED) is 0.627. The normalized spacial score (nSPS) is 21.5. The molecule has 1 aromatic heterocycles. The van der Waals surface area contributed by atoms with Crippen LogP contribution in [0.1, 0.15) is 46.6 Å². The summed E-state index contributed by atoms with van der Waals surface area (Å²) in [6.45, 7) is 3.52. The number of allylic oxidation sites excluding steroid dienone is 2. The predicted molar refractivity (Wildman–Crippen MR) is 122 cm³/mol. The van der Waals surface area contributed by atoms with E-state index in [1.54, 1.807) is 13.2 Å². The zero-order valence-electron chi connectivity index (χ0n) is 18.5. The van der Waals surface area contributed by atoms with Gasteiger partial charge in [0, 0.05) is 32.0 Å². The molecule has 2 aliphatic rings. The summed E-state index contributed by atoms with van der Waals surface area (Å²) in [7, 11) is 1.60. The van der Waals surface area contributed by atoms with E-state index < -0.39 is 0 Å². The van der Waals surface area contributed by atoms with Crippen molar-refractivity contribution in [3.8, 4) is 0 Å². The van der Waals surface area contributed by atoms with E-state index in [0.29, 0.717) is 30.0 Å². The Labute approximate surface area is 184 Å². The molecule has 2 aromatic rings. The number of benzene rings is 1. The average molecular weight is 421 g/mol. The molecule has 0 saturated heterocycles. The number of carbonyl (C=O) groups excluding carboxylic acids is 1. The van der Waals surface area contributed by atoms with Crippen molar-refractivity contribution in [2.75, 3.05) is 13.7 Å². The number of fused-ring (bicyclic) bond motifs is 2. The van der Waals surface area contributed by atoms with Gasteiger partial charge >= 0.3 is 0 Å². The van der Waals surface area contributed by atoms with E-state index in [0.717, 1.165) is 31.5 Å². The number of aryl methyl sites for hydroxylation is 2. The molecule has 2 aliphatic carbocycles. The Morgan fingerprint density at radius 1 is 1.19 bits per heavy atom. The van der Waals surface area contributed by atoms with Gasteiger partial charge in [0.2, 0.25) is 0 Å². The van der Waals surface area contributed by atoms with Crippen LogP contribution in [0, 0.1) is 24.7 Å². The van der Waals surface area contributed by atoms with Crippen LogP contribution in [0.4, 0.5) is 0 Å². The molecule has 0 unspecified atom stereocenters. The Kier molecular flexibility index (Phi) is 6.71. The summed E-state index contributed by atoms with van der Waals surface area (Å²) >= 11 is 0. The first-order valence-electron chi connectivity index (χ1n) is 11.3. The number of rotatable bonds is 9. The van der Waals surface area contributed by atoms with Gasteiger partial charge in [-0.1, -0.05) is 42.5 Å². The summed E-state index contributed by atoms with van der Waals surface area (Å²) in [6, 6.07) is 11.9. The molecule has 1 saturated carbocycles.